The zero-order valence-corrected chi connectivity index (χ0v) is 13.8. The van der Waals surface area contributed by atoms with Gasteiger partial charge in [0, 0.05) is 6.54 Å². The Bertz CT molecular complexity index is 600. The summed E-state index contributed by atoms with van der Waals surface area (Å²) in [5.41, 5.74) is 2.56. The highest BCUT2D eigenvalue weighted by molar-refractivity contribution is 6.32. The third-order valence-corrected chi connectivity index (χ3v) is 3.62. The van der Waals surface area contributed by atoms with Crippen molar-refractivity contribution in [1.82, 2.24) is 5.32 Å². The molecule has 2 aromatic rings. The van der Waals surface area contributed by atoms with Crippen LogP contribution in [-0.2, 0) is 12.0 Å². The lowest BCUT2D eigenvalue weighted by molar-refractivity contribution is 0.481. The molecule has 0 spiro atoms. The number of nitrogens with one attached hydrogen (secondary N) is 1. The van der Waals surface area contributed by atoms with Crippen LogP contribution in [0, 0.1) is 0 Å². The third kappa shape index (κ3) is 4.23. The monoisotopic (exact) mass is 303 g/mol. The highest BCUT2D eigenvalue weighted by Crippen LogP contribution is 2.31. The van der Waals surface area contributed by atoms with Gasteiger partial charge in [0.1, 0.15) is 11.5 Å². The van der Waals surface area contributed by atoms with Gasteiger partial charge in [0.25, 0.3) is 0 Å². The lowest BCUT2D eigenvalue weighted by Crippen LogP contribution is -2.10. The molecule has 2 nitrogen and oxygen atoms in total. The van der Waals surface area contributed by atoms with Gasteiger partial charge in [-0.2, -0.15) is 0 Å². The summed E-state index contributed by atoms with van der Waals surface area (Å²) in [7, 11) is 1.91. The number of rotatable bonds is 4. The van der Waals surface area contributed by atoms with Crippen LogP contribution >= 0.6 is 11.6 Å². The maximum absolute atomic E-state index is 6.27. The maximum Gasteiger partial charge on any atom is 0.146 e. The molecule has 0 aliphatic carbocycles. The van der Waals surface area contributed by atoms with Gasteiger partial charge in [-0.3, -0.25) is 0 Å². The minimum Gasteiger partial charge on any atom is -0.456 e. The molecule has 0 radical (unpaired) electrons. The van der Waals surface area contributed by atoms with Crippen molar-refractivity contribution in [2.24, 2.45) is 0 Å². The van der Waals surface area contributed by atoms with Crippen molar-refractivity contribution in [1.29, 1.82) is 0 Å². The van der Waals surface area contributed by atoms with Gasteiger partial charge in [-0.05, 0) is 47.9 Å². The van der Waals surface area contributed by atoms with Gasteiger partial charge in [0.15, 0.2) is 0 Å². The molecule has 0 aliphatic heterocycles. The van der Waals surface area contributed by atoms with Crippen molar-refractivity contribution in [3.05, 3.63) is 58.6 Å². The molecule has 0 heterocycles. The molecule has 0 saturated heterocycles. The van der Waals surface area contributed by atoms with Gasteiger partial charge in [0.05, 0.1) is 5.02 Å². The summed E-state index contributed by atoms with van der Waals surface area (Å²) in [5, 5.41) is 3.73. The van der Waals surface area contributed by atoms with Crippen LogP contribution in [0.5, 0.6) is 11.5 Å². The Morgan fingerprint density at radius 2 is 1.71 bits per heavy atom. The first kappa shape index (κ1) is 15.9. The molecule has 1 N–H and O–H groups in total. The molecule has 0 unspecified atom stereocenters. The molecule has 0 bridgehead atoms. The minimum atomic E-state index is 0.144. The zero-order chi connectivity index (χ0) is 15.5. The Labute approximate surface area is 132 Å². The van der Waals surface area contributed by atoms with Crippen molar-refractivity contribution in [2.45, 2.75) is 32.7 Å². The van der Waals surface area contributed by atoms with Crippen molar-refractivity contribution >= 4 is 11.6 Å². The topological polar surface area (TPSA) is 21.3 Å². The van der Waals surface area contributed by atoms with E-state index < -0.39 is 0 Å². The first-order valence-corrected chi connectivity index (χ1v) is 7.49. The van der Waals surface area contributed by atoms with Crippen LogP contribution in [0.3, 0.4) is 0 Å². The van der Waals surface area contributed by atoms with Crippen LogP contribution in [-0.4, -0.2) is 7.05 Å². The number of halogens is 1. The second-order valence-corrected chi connectivity index (χ2v) is 6.58. The summed E-state index contributed by atoms with van der Waals surface area (Å²) in [6.45, 7) is 7.38. The zero-order valence-electron chi connectivity index (χ0n) is 13.0. The fourth-order valence-corrected chi connectivity index (χ4v) is 2.33. The molecule has 112 valence electrons. The highest BCUT2D eigenvalue weighted by Gasteiger charge is 2.13. The molecule has 0 fully saturated rings. The average molecular weight is 304 g/mol. The fraction of sp³-hybridized carbons (Fsp3) is 0.333. The van der Waals surface area contributed by atoms with Crippen LogP contribution < -0.4 is 10.1 Å². The van der Waals surface area contributed by atoms with Crippen molar-refractivity contribution < 1.29 is 4.74 Å². The van der Waals surface area contributed by atoms with Crippen molar-refractivity contribution in [2.75, 3.05) is 7.05 Å². The van der Waals surface area contributed by atoms with E-state index >= 15 is 0 Å². The van der Waals surface area contributed by atoms with E-state index in [1.165, 1.54) is 5.56 Å². The molecule has 3 heteroatoms. The summed E-state index contributed by atoms with van der Waals surface area (Å²) in [4.78, 5) is 0. The highest BCUT2D eigenvalue weighted by atomic mass is 35.5. The molecule has 0 amide bonds. The van der Waals surface area contributed by atoms with Crippen LogP contribution in [0.2, 0.25) is 5.02 Å². The van der Waals surface area contributed by atoms with Crippen LogP contribution in [0.25, 0.3) is 0 Å². The van der Waals surface area contributed by atoms with Crippen molar-refractivity contribution in [3.63, 3.8) is 0 Å². The second-order valence-electron chi connectivity index (χ2n) is 6.17. The Morgan fingerprint density at radius 1 is 1.05 bits per heavy atom. The van der Waals surface area contributed by atoms with Crippen molar-refractivity contribution in [3.8, 4) is 11.5 Å². The number of ether oxygens (including phenoxy) is 1. The van der Waals surface area contributed by atoms with Gasteiger partial charge in [0.2, 0.25) is 0 Å². The van der Waals surface area contributed by atoms with E-state index in [0.717, 1.165) is 17.9 Å². The summed E-state index contributed by atoms with van der Waals surface area (Å²) in [5.74, 6) is 1.48. The minimum absolute atomic E-state index is 0.144. The Kier molecular flexibility index (Phi) is 4.92. The number of benzene rings is 2. The Morgan fingerprint density at radius 3 is 2.24 bits per heavy atom. The van der Waals surface area contributed by atoms with Gasteiger partial charge >= 0.3 is 0 Å². The van der Waals surface area contributed by atoms with E-state index in [1.807, 2.05) is 37.4 Å². The molecular weight excluding hydrogens is 282 g/mol. The summed E-state index contributed by atoms with van der Waals surface area (Å²) < 4.78 is 5.86. The van der Waals surface area contributed by atoms with Gasteiger partial charge in [-0.1, -0.05) is 50.6 Å². The lowest BCUT2D eigenvalue weighted by atomic mass is 9.87. The number of hydrogen-bond acceptors (Lipinski definition) is 2. The smallest absolute Gasteiger partial charge is 0.146 e. The quantitative estimate of drug-likeness (QED) is 0.843. The Balaban J connectivity index is 2.15. The normalized spacial score (nSPS) is 11.5. The summed E-state index contributed by atoms with van der Waals surface area (Å²) >= 11 is 6.27. The Hall–Kier alpha value is -1.51. The van der Waals surface area contributed by atoms with E-state index in [4.69, 9.17) is 16.3 Å². The molecule has 0 saturated carbocycles. The van der Waals surface area contributed by atoms with Gasteiger partial charge in [-0.15, -0.1) is 0 Å². The average Bonchev–Trinajstić information content (AvgIpc) is 2.42. The summed E-state index contributed by atoms with van der Waals surface area (Å²) in [6.07, 6.45) is 0. The molecule has 2 rings (SSSR count). The fourth-order valence-electron chi connectivity index (χ4n) is 2.09. The van der Waals surface area contributed by atoms with E-state index in [0.29, 0.717) is 10.8 Å². The standard InChI is InChI=1S/C18H22ClNO/c1-18(2,3)14-6-8-15(9-7-14)21-17-10-5-13(12-20-4)11-16(17)19/h5-11,20H,12H2,1-4H3. The number of hydrogen-bond donors (Lipinski definition) is 1. The predicted octanol–water partition coefficient (Wildman–Crippen LogP) is 5.15. The molecule has 0 aromatic heterocycles. The molecular formula is C18H22ClNO. The van der Waals surface area contributed by atoms with Crippen LogP contribution in [0.15, 0.2) is 42.5 Å². The van der Waals surface area contributed by atoms with E-state index in [2.05, 4.69) is 38.2 Å². The lowest BCUT2D eigenvalue weighted by Gasteiger charge is -2.19. The third-order valence-electron chi connectivity index (χ3n) is 3.33. The molecule has 0 atom stereocenters. The van der Waals surface area contributed by atoms with E-state index in [9.17, 15) is 0 Å². The SMILES string of the molecule is CNCc1ccc(Oc2ccc(C(C)(C)C)cc2)c(Cl)c1. The maximum atomic E-state index is 6.27. The first-order chi connectivity index (χ1) is 9.90. The molecule has 21 heavy (non-hydrogen) atoms. The van der Waals surface area contributed by atoms with Gasteiger partial charge in [-0.25, -0.2) is 0 Å². The van der Waals surface area contributed by atoms with E-state index in [-0.39, 0.29) is 5.41 Å². The molecule has 0 aliphatic rings. The largest absolute Gasteiger partial charge is 0.456 e. The predicted molar refractivity (Wildman–Crippen MR) is 89.4 cm³/mol. The van der Waals surface area contributed by atoms with E-state index in [1.54, 1.807) is 0 Å². The van der Waals surface area contributed by atoms with Crippen LogP contribution in [0.4, 0.5) is 0 Å². The summed E-state index contributed by atoms with van der Waals surface area (Å²) in [6, 6.07) is 14.0. The van der Waals surface area contributed by atoms with Crippen LogP contribution in [0.1, 0.15) is 31.9 Å². The first-order valence-electron chi connectivity index (χ1n) is 7.11. The molecule has 2 aromatic carbocycles. The second kappa shape index (κ2) is 6.50. The van der Waals surface area contributed by atoms with Gasteiger partial charge < -0.3 is 10.1 Å².